The Morgan fingerprint density at radius 1 is 1.50 bits per heavy atom. The van der Waals surface area contributed by atoms with Crippen LogP contribution >= 0.6 is 11.6 Å². The number of rotatable bonds is 4. The monoisotopic (exact) mass is 152 g/mol. The van der Waals surface area contributed by atoms with E-state index in [0.29, 0.717) is 6.07 Å². The molecule has 0 aromatic rings. The van der Waals surface area contributed by atoms with Crippen LogP contribution < -0.4 is 0 Å². The van der Waals surface area contributed by atoms with E-state index in [1.54, 1.807) is 0 Å². The predicted octanol–water partition coefficient (Wildman–Crippen LogP) is 1.69. The standard InChI is InChI=1S/C5H13ClOSi/c1-8(2)4-3-7-5-6/h8H,3-5H2,1-2H3. The van der Waals surface area contributed by atoms with Crippen molar-refractivity contribution in [2.45, 2.75) is 19.1 Å². The maximum atomic E-state index is 5.28. The lowest BCUT2D eigenvalue weighted by atomic mass is 10.9. The van der Waals surface area contributed by atoms with Crippen molar-refractivity contribution in [2.75, 3.05) is 12.7 Å². The molecule has 8 heavy (non-hydrogen) atoms. The van der Waals surface area contributed by atoms with Gasteiger partial charge in [-0.1, -0.05) is 24.7 Å². The van der Waals surface area contributed by atoms with Gasteiger partial charge in [-0.05, 0) is 6.04 Å². The third-order valence-corrected chi connectivity index (χ3v) is 2.46. The van der Waals surface area contributed by atoms with Gasteiger partial charge in [0.25, 0.3) is 0 Å². The fraction of sp³-hybridized carbons (Fsp3) is 1.00. The van der Waals surface area contributed by atoms with Crippen LogP contribution in [0.3, 0.4) is 0 Å². The molecule has 0 N–H and O–H groups in total. The number of alkyl halides is 1. The fourth-order valence-corrected chi connectivity index (χ4v) is 1.12. The minimum absolute atomic E-state index is 0.348. The first-order valence-corrected chi connectivity index (χ1v) is 6.57. The molecule has 0 bridgehead atoms. The Morgan fingerprint density at radius 3 is 2.50 bits per heavy atom. The second-order valence-corrected chi connectivity index (χ2v) is 5.78. The average molecular weight is 153 g/mol. The highest BCUT2D eigenvalue weighted by molar-refractivity contribution is 6.55. The van der Waals surface area contributed by atoms with Crippen LogP contribution in [0, 0.1) is 0 Å². The smallest absolute Gasteiger partial charge is 0.120 e. The van der Waals surface area contributed by atoms with Gasteiger partial charge in [-0.3, -0.25) is 0 Å². The first-order valence-electron chi connectivity index (χ1n) is 2.91. The molecule has 0 saturated heterocycles. The maximum absolute atomic E-state index is 5.28. The van der Waals surface area contributed by atoms with Gasteiger partial charge in [0, 0.05) is 15.4 Å². The van der Waals surface area contributed by atoms with Crippen LogP contribution in [0.2, 0.25) is 19.1 Å². The van der Waals surface area contributed by atoms with Gasteiger partial charge in [0.15, 0.2) is 0 Å². The molecule has 0 unspecified atom stereocenters. The van der Waals surface area contributed by atoms with Gasteiger partial charge >= 0.3 is 0 Å². The van der Waals surface area contributed by atoms with Gasteiger partial charge in [0.1, 0.15) is 6.07 Å². The predicted molar refractivity (Wildman–Crippen MR) is 40.4 cm³/mol. The van der Waals surface area contributed by atoms with Gasteiger partial charge in [-0.25, -0.2) is 0 Å². The quantitative estimate of drug-likeness (QED) is 0.339. The van der Waals surface area contributed by atoms with Crippen molar-refractivity contribution in [3.05, 3.63) is 0 Å². The summed E-state index contributed by atoms with van der Waals surface area (Å²) >= 11 is 5.28. The number of ether oxygens (including phenoxy) is 1. The van der Waals surface area contributed by atoms with E-state index in [1.165, 1.54) is 6.04 Å². The van der Waals surface area contributed by atoms with Gasteiger partial charge in [0.05, 0.1) is 0 Å². The molecule has 1 nitrogen and oxygen atoms in total. The van der Waals surface area contributed by atoms with Crippen molar-refractivity contribution < 1.29 is 4.74 Å². The summed E-state index contributed by atoms with van der Waals surface area (Å²) in [6, 6.07) is 1.59. The second-order valence-electron chi connectivity index (χ2n) is 2.20. The molecule has 0 spiro atoms. The van der Waals surface area contributed by atoms with Crippen LogP contribution in [-0.2, 0) is 4.74 Å². The first-order chi connectivity index (χ1) is 3.77. The van der Waals surface area contributed by atoms with Crippen LogP contribution in [0.15, 0.2) is 0 Å². The lowest BCUT2D eigenvalue weighted by Gasteiger charge is -2.00. The summed E-state index contributed by atoms with van der Waals surface area (Å²) in [7, 11) is -0.386. The molecule has 0 atom stereocenters. The Labute approximate surface area is 57.6 Å². The molecular weight excluding hydrogens is 140 g/mol. The molecule has 0 rings (SSSR count). The molecule has 0 aromatic heterocycles. The molecular formula is C5H13ClOSi. The zero-order chi connectivity index (χ0) is 6.41. The van der Waals surface area contributed by atoms with Crippen molar-refractivity contribution in [2.24, 2.45) is 0 Å². The van der Waals surface area contributed by atoms with Crippen LogP contribution in [0.5, 0.6) is 0 Å². The zero-order valence-corrected chi connectivity index (χ0v) is 7.40. The van der Waals surface area contributed by atoms with E-state index in [-0.39, 0.29) is 8.80 Å². The van der Waals surface area contributed by atoms with Crippen molar-refractivity contribution in [1.29, 1.82) is 0 Å². The average Bonchev–Trinajstić information content (AvgIpc) is 1.66. The largest absolute Gasteiger partial charge is 0.366 e. The molecule has 3 heteroatoms. The van der Waals surface area contributed by atoms with Crippen molar-refractivity contribution in [3.63, 3.8) is 0 Å². The number of halogens is 1. The van der Waals surface area contributed by atoms with Gasteiger partial charge in [-0.15, -0.1) is 0 Å². The van der Waals surface area contributed by atoms with Gasteiger partial charge in [0.2, 0.25) is 0 Å². The third kappa shape index (κ3) is 6.47. The summed E-state index contributed by atoms with van der Waals surface area (Å²) in [5.74, 6) is 0. The maximum Gasteiger partial charge on any atom is 0.120 e. The Balaban J connectivity index is 2.72. The zero-order valence-electron chi connectivity index (χ0n) is 5.48. The summed E-state index contributed by atoms with van der Waals surface area (Å²) in [6.45, 7) is 5.46. The highest BCUT2D eigenvalue weighted by Crippen LogP contribution is 1.91. The summed E-state index contributed by atoms with van der Waals surface area (Å²) in [5.41, 5.74) is 0. The molecule has 0 radical (unpaired) electrons. The minimum atomic E-state index is -0.386. The van der Waals surface area contributed by atoms with Crippen LogP contribution in [0.4, 0.5) is 0 Å². The lowest BCUT2D eigenvalue weighted by Crippen LogP contribution is -2.04. The summed E-state index contributed by atoms with van der Waals surface area (Å²) < 4.78 is 4.94. The van der Waals surface area contributed by atoms with E-state index in [0.717, 1.165) is 6.61 Å². The highest BCUT2D eigenvalue weighted by Gasteiger charge is 1.92. The summed E-state index contributed by atoms with van der Waals surface area (Å²) in [5, 5.41) is 0. The molecule has 0 aliphatic carbocycles. The SMILES string of the molecule is C[SiH](C)CCOCCl. The molecule has 0 fully saturated rings. The van der Waals surface area contributed by atoms with Crippen LogP contribution in [-0.4, -0.2) is 21.5 Å². The minimum Gasteiger partial charge on any atom is -0.366 e. The van der Waals surface area contributed by atoms with Crippen molar-refractivity contribution in [1.82, 2.24) is 0 Å². The van der Waals surface area contributed by atoms with E-state index in [9.17, 15) is 0 Å². The normalized spacial score (nSPS) is 10.5. The van der Waals surface area contributed by atoms with Crippen LogP contribution in [0.1, 0.15) is 0 Å². The number of hydrogen-bond donors (Lipinski definition) is 0. The summed E-state index contributed by atoms with van der Waals surface area (Å²) in [4.78, 5) is 0. The molecule has 50 valence electrons. The second kappa shape index (κ2) is 5.60. The Kier molecular flexibility index (Phi) is 5.93. The topological polar surface area (TPSA) is 9.23 Å². The Bertz CT molecular complexity index is 49.7. The van der Waals surface area contributed by atoms with E-state index in [2.05, 4.69) is 13.1 Å². The van der Waals surface area contributed by atoms with Gasteiger partial charge < -0.3 is 4.74 Å². The fourth-order valence-electron chi connectivity index (χ4n) is 0.374. The van der Waals surface area contributed by atoms with Crippen molar-refractivity contribution >= 4 is 20.4 Å². The van der Waals surface area contributed by atoms with Crippen molar-refractivity contribution in [3.8, 4) is 0 Å². The molecule has 0 aromatic carbocycles. The van der Waals surface area contributed by atoms with E-state index < -0.39 is 0 Å². The molecule has 0 saturated carbocycles. The Morgan fingerprint density at radius 2 is 2.12 bits per heavy atom. The van der Waals surface area contributed by atoms with Gasteiger partial charge in [-0.2, -0.15) is 0 Å². The van der Waals surface area contributed by atoms with E-state index in [1.807, 2.05) is 0 Å². The van der Waals surface area contributed by atoms with E-state index in [4.69, 9.17) is 16.3 Å². The number of hydrogen-bond acceptors (Lipinski definition) is 1. The first kappa shape index (κ1) is 8.47. The Hall–Kier alpha value is 0.467. The molecule has 0 amide bonds. The molecule has 0 aliphatic heterocycles. The van der Waals surface area contributed by atoms with Crippen LogP contribution in [0.25, 0.3) is 0 Å². The highest BCUT2D eigenvalue weighted by atomic mass is 35.5. The van der Waals surface area contributed by atoms with E-state index >= 15 is 0 Å². The summed E-state index contributed by atoms with van der Waals surface area (Å²) in [6.07, 6.45) is 0. The molecule has 0 heterocycles. The molecule has 0 aliphatic rings. The lowest BCUT2D eigenvalue weighted by molar-refractivity contribution is 0.195. The third-order valence-electron chi connectivity index (χ3n) is 0.917.